The largest absolute Gasteiger partial charge is 0.350 e. The van der Waals surface area contributed by atoms with Gasteiger partial charge in [0, 0.05) is 13.1 Å². The fraction of sp³-hybridized carbons (Fsp3) is 0.467. The van der Waals surface area contributed by atoms with Gasteiger partial charge in [-0.05, 0) is 25.3 Å². The van der Waals surface area contributed by atoms with Crippen molar-refractivity contribution < 1.29 is 9.59 Å². The van der Waals surface area contributed by atoms with E-state index in [0.29, 0.717) is 19.5 Å². The number of likely N-dealkylation sites (tertiary alicyclic amines) is 1. The molecule has 1 aliphatic heterocycles. The molecule has 4 nitrogen and oxygen atoms in total. The van der Waals surface area contributed by atoms with Gasteiger partial charge in [-0.3, -0.25) is 9.59 Å². The topological polar surface area (TPSA) is 49.4 Å². The van der Waals surface area contributed by atoms with Crippen molar-refractivity contribution in [2.75, 3.05) is 6.54 Å². The van der Waals surface area contributed by atoms with E-state index in [1.54, 1.807) is 6.92 Å². The molecule has 0 aromatic heterocycles. The van der Waals surface area contributed by atoms with Gasteiger partial charge < -0.3 is 10.2 Å². The van der Waals surface area contributed by atoms with Crippen molar-refractivity contribution >= 4 is 35.0 Å². The Morgan fingerprint density at radius 3 is 2.62 bits per heavy atom. The van der Waals surface area contributed by atoms with Crippen LogP contribution in [0.2, 0.25) is 0 Å². The molecule has 6 heteroatoms. The van der Waals surface area contributed by atoms with E-state index < -0.39 is 16.3 Å². The van der Waals surface area contributed by atoms with Crippen LogP contribution >= 0.6 is 23.2 Å². The summed E-state index contributed by atoms with van der Waals surface area (Å²) in [5.41, 5.74) is 0.131. The van der Waals surface area contributed by atoms with E-state index in [0.717, 1.165) is 12.0 Å². The van der Waals surface area contributed by atoms with Gasteiger partial charge in [-0.1, -0.05) is 53.5 Å². The number of benzene rings is 1. The molecule has 1 fully saturated rings. The number of nitrogens with one attached hydrogen (secondary N) is 1. The van der Waals surface area contributed by atoms with Crippen molar-refractivity contribution in [3.8, 4) is 0 Å². The van der Waals surface area contributed by atoms with Gasteiger partial charge in [0.25, 0.3) is 5.91 Å². The minimum atomic E-state index is -1.13. The Morgan fingerprint density at radius 2 is 2.00 bits per heavy atom. The molecular weight excluding hydrogens is 311 g/mol. The standard InChI is InChI=1S/C15H18Cl2N2O2/c1-15(8-5-9-19(15)13(20)12(16)17)14(21)18-10-11-6-3-2-4-7-11/h2-4,6-7,12H,5,8-10H2,1H3,(H,18,21). The number of halogens is 2. The summed E-state index contributed by atoms with van der Waals surface area (Å²) in [6, 6.07) is 9.63. The molecule has 2 amide bonds. The van der Waals surface area contributed by atoms with E-state index in [1.165, 1.54) is 4.90 Å². The molecule has 114 valence electrons. The highest BCUT2D eigenvalue weighted by molar-refractivity contribution is 6.53. The quantitative estimate of drug-likeness (QED) is 0.863. The second-order valence-electron chi connectivity index (χ2n) is 5.34. The third-order valence-electron chi connectivity index (χ3n) is 3.88. The molecule has 1 heterocycles. The second kappa shape index (κ2) is 6.67. The molecule has 1 aromatic carbocycles. The minimum absolute atomic E-state index is 0.175. The van der Waals surface area contributed by atoms with Crippen LogP contribution in [0.4, 0.5) is 0 Å². The van der Waals surface area contributed by atoms with Gasteiger partial charge in [0.1, 0.15) is 5.54 Å². The van der Waals surface area contributed by atoms with Crippen LogP contribution in [0.15, 0.2) is 30.3 Å². The van der Waals surface area contributed by atoms with Crippen LogP contribution in [0.1, 0.15) is 25.3 Å². The minimum Gasteiger partial charge on any atom is -0.350 e. The molecule has 1 aliphatic rings. The molecule has 0 radical (unpaired) electrons. The normalized spacial score (nSPS) is 21.6. The smallest absolute Gasteiger partial charge is 0.256 e. The first-order chi connectivity index (χ1) is 9.95. The van der Waals surface area contributed by atoms with Crippen LogP contribution in [0.5, 0.6) is 0 Å². The summed E-state index contributed by atoms with van der Waals surface area (Å²) in [7, 11) is 0. The lowest BCUT2D eigenvalue weighted by molar-refractivity contribution is -0.143. The molecule has 1 unspecified atom stereocenters. The lowest BCUT2D eigenvalue weighted by Crippen LogP contribution is -2.56. The summed E-state index contributed by atoms with van der Waals surface area (Å²) in [5, 5.41) is 2.89. The highest BCUT2D eigenvalue weighted by atomic mass is 35.5. The van der Waals surface area contributed by atoms with E-state index >= 15 is 0 Å². The molecule has 1 aromatic rings. The number of hydrogen-bond acceptors (Lipinski definition) is 2. The number of alkyl halides is 2. The van der Waals surface area contributed by atoms with Crippen molar-refractivity contribution in [3.05, 3.63) is 35.9 Å². The monoisotopic (exact) mass is 328 g/mol. The van der Waals surface area contributed by atoms with Gasteiger partial charge in [-0.15, -0.1) is 0 Å². The zero-order chi connectivity index (χ0) is 15.5. The third-order valence-corrected chi connectivity index (χ3v) is 4.25. The number of rotatable bonds is 4. The van der Waals surface area contributed by atoms with E-state index in [9.17, 15) is 9.59 Å². The SMILES string of the molecule is CC1(C(=O)NCc2ccccc2)CCCN1C(=O)C(Cl)Cl. The zero-order valence-corrected chi connectivity index (χ0v) is 13.3. The third kappa shape index (κ3) is 3.50. The first kappa shape index (κ1) is 16.1. The first-order valence-corrected chi connectivity index (χ1v) is 7.74. The number of carbonyl (C=O) groups excluding carboxylic acids is 2. The average Bonchev–Trinajstić information content (AvgIpc) is 2.88. The highest BCUT2D eigenvalue weighted by Crippen LogP contribution is 2.31. The van der Waals surface area contributed by atoms with Gasteiger partial charge in [-0.25, -0.2) is 0 Å². The molecule has 1 N–H and O–H groups in total. The number of hydrogen-bond donors (Lipinski definition) is 1. The van der Waals surface area contributed by atoms with Crippen molar-refractivity contribution in [3.63, 3.8) is 0 Å². The summed E-state index contributed by atoms with van der Waals surface area (Å²) in [5.74, 6) is -0.584. The summed E-state index contributed by atoms with van der Waals surface area (Å²) in [4.78, 5) is 24.9. The van der Waals surface area contributed by atoms with E-state index in [1.807, 2.05) is 30.3 Å². The lowest BCUT2D eigenvalue weighted by Gasteiger charge is -2.34. The van der Waals surface area contributed by atoms with Crippen molar-refractivity contribution in [1.29, 1.82) is 0 Å². The molecule has 0 spiro atoms. The number of nitrogens with zero attached hydrogens (tertiary/aromatic N) is 1. The van der Waals surface area contributed by atoms with Gasteiger partial charge in [0.2, 0.25) is 5.91 Å². The summed E-state index contributed by atoms with van der Waals surface area (Å²) < 4.78 is 0. The zero-order valence-electron chi connectivity index (χ0n) is 11.8. The molecule has 0 aliphatic carbocycles. The average molecular weight is 329 g/mol. The van der Waals surface area contributed by atoms with E-state index in [4.69, 9.17) is 23.2 Å². The van der Waals surface area contributed by atoms with Gasteiger partial charge >= 0.3 is 0 Å². The molecular formula is C15H18Cl2N2O2. The fourth-order valence-corrected chi connectivity index (χ4v) is 2.87. The molecule has 1 saturated heterocycles. The van der Waals surface area contributed by atoms with Gasteiger partial charge in [0.15, 0.2) is 4.84 Å². The lowest BCUT2D eigenvalue weighted by atomic mass is 9.97. The summed E-state index contributed by atoms with van der Waals surface area (Å²) in [6.45, 7) is 2.70. The van der Waals surface area contributed by atoms with Crippen LogP contribution in [0, 0.1) is 0 Å². The van der Waals surface area contributed by atoms with E-state index in [-0.39, 0.29) is 5.91 Å². The maximum atomic E-state index is 12.5. The fourth-order valence-electron chi connectivity index (χ4n) is 2.64. The Morgan fingerprint density at radius 1 is 1.33 bits per heavy atom. The van der Waals surface area contributed by atoms with Crippen LogP contribution < -0.4 is 5.32 Å². The predicted octanol–water partition coefficient (Wildman–Crippen LogP) is 2.49. The second-order valence-corrected chi connectivity index (χ2v) is 6.43. The van der Waals surface area contributed by atoms with Crippen LogP contribution in [-0.4, -0.2) is 33.6 Å². The van der Waals surface area contributed by atoms with Crippen LogP contribution in [0.25, 0.3) is 0 Å². The van der Waals surface area contributed by atoms with Crippen molar-refractivity contribution in [2.24, 2.45) is 0 Å². The summed E-state index contributed by atoms with van der Waals surface area (Å²) >= 11 is 11.3. The Kier molecular flexibility index (Phi) is 5.12. The number of carbonyl (C=O) groups is 2. The highest BCUT2D eigenvalue weighted by Gasteiger charge is 2.46. The maximum Gasteiger partial charge on any atom is 0.256 e. The Hall–Kier alpha value is -1.26. The van der Waals surface area contributed by atoms with Crippen molar-refractivity contribution in [2.45, 2.75) is 36.7 Å². The van der Waals surface area contributed by atoms with Crippen LogP contribution in [-0.2, 0) is 16.1 Å². The Labute approximate surface area is 134 Å². The summed E-state index contributed by atoms with van der Waals surface area (Å²) in [6.07, 6.45) is 1.38. The molecule has 0 bridgehead atoms. The molecule has 0 saturated carbocycles. The van der Waals surface area contributed by atoms with Crippen LogP contribution in [0.3, 0.4) is 0 Å². The Balaban J connectivity index is 2.04. The molecule has 1 atom stereocenters. The molecule has 21 heavy (non-hydrogen) atoms. The number of amides is 2. The van der Waals surface area contributed by atoms with E-state index in [2.05, 4.69) is 5.32 Å². The van der Waals surface area contributed by atoms with Gasteiger partial charge in [0.05, 0.1) is 0 Å². The maximum absolute atomic E-state index is 12.5. The molecule has 2 rings (SSSR count). The Bertz CT molecular complexity index is 522. The van der Waals surface area contributed by atoms with Crippen molar-refractivity contribution in [1.82, 2.24) is 10.2 Å². The van der Waals surface area contributed by atoms with Gasteiger partial charge in [-0.2, -0.15) is 0 Å². The predicted molar refractivity (Wildman–Crippen MR) is 83.1 cm³/mol. The first-order valence-electron chi connectivity index (χ1n) is 6.87.